The van der Waals surface area contributed by atoms with Gasteiger partial charge in [-0.3, -0.25) is 0 Å². The molecule has 0 aromatic carbocycles. The van der Waals surface area contributed by atoms with Crippen LogP contribution in [0.2, 0.25) is 0 Å². The number of hydrogen-bond acceptors (Lipinski definition) is 3. The van der Waals surface area contributed by atoms with Crippen LogP contribution in [0.4, 0.5) is 5.82 Å². The standard InChI is InChI=1S/C10H17N3/c1-8(2)6-12-10-4-3-9(5-11)7-13-10/h3-4,7-8H,5-6,11H2,1-2H3,(H,12,13). The summed E-state index contributed by atoms with van der Waals surface area (Å²) in [6, 6.07) is 3.96. The second-order valence-corrected chi connectivity index (χ2v) is 3.53. The third-order valence-electron chi connectivity index (χ3n) is 1.75. The van der Waals surface area contributed by atoms with Crippen molar-refractivity contribution in [2.45, 2.75) is 20.4 Å². The molecule has 0 atom stereocenters. The van der Waals surface area contributed by atoms with Gasteiger partial charge in [-0.1, -0.05) is 19.9 Å². The van der Waals surface area contributed by atoms with Crippen LogP contribution in [0.15, 0.2) is 18.3 Å². The molecule has 0 saturated carbocycles. The molecule has 0 spiro atoms. The average Bonchev–Trinajstić information content (AvgIpc) is 2.15. The van der Waals surface area contributed by atoms with Gasteiger partial charge in [-0.25, -0.2) is 4.98 Å². The van der Waals surface area contributed by atoms with Crippen LogP contribution in [0.3, 0.4) is 0 Å². The summed E-state index contributed by atoms with van der Waals surface area (Å²) in [5, 5.41) is 3.24. The number of nitrogens with one attached hydrogen (secondary N) is 1. The van der Waals surface area contributed by atoms with Crippen LogP contribution < -0.4 is 11.1 Å². The second-order valence-electron chi connectivity index (χ2n) is 3.53. The molecule has 1 rings (SSSR count). The molecule has 1 aromatic rings. The quantitative estimate of drug-likeness (QED) is 0.738. The third kappa shape index (κ3) is 3.42. The lowest BCUT2D eigenvalue weighted by molar-refractivity contribution is 0.687. The average molecular weight is 179 g/mol. The first kappa shape index (κ1) is 9.99. The minimum atomic E-state index is 0.553. The predicted molar refractivity (Wildman–Crippen MR) is 55.5 cm³/mol. The predicted octanol–water partition coefficient (Wildman–Crippen LogP) is 1.61. The molecule has 0 bridgehead atoms. The van der Waals surface area contributed by atoms with Crippen molar-refractivity contribution in [3.05, 3.63) is 23.9 Å². The lowest BCUT2D eigenvalue weighted by Gasteiger charge is -2.07. The van der Waals surface area contributed by atoms with E-state index in [0.717, 1.165) is 17.9 Å². The van der Waals surface area contributed by atoms with E-state index >= 15 is 0 Å². The van der Waals surface area contributed by atoms with Crippen molar-refractivity contribution >= 4 is 5.82 Å². The first-order chi connectivity index (χ1) is 6.22. The highest BCUT2D eigenvalue weighted by molar-refractivity contribution is 5.35. The first-order valence-electron chi connectivity index (χ1n) is 4.61. The van der Waals surface area contributed by atoms with E-state index in [4.69, 9.17) is 5.73 Å². The molecule has 3 heteroatoms. The summed E-state index contributed by atoms with van der Waals surface area (Å²) in [5.41, 5.74) is 6.53. The number of hydrogen-bond donors (Lipinski definition) is 2. The molecule has 3 N–H and O–H groups in total. The van der Waals surface area contributed by atoms with Gasteiger partial charge in [0.2, 0.25) is 0 Å². The van der Waals surface area contributed by atoms with Crippen LogP contribution in [0.5, 0.6) is 0 Å². The lowest BCUT2D eigenvalue weighted by Crippen LogP contribution is -2.09. The number of nitrogens with zero attached hydrogens (tertiary/aromatic N) is 1. The number of pyridine rings is 1. The highest BCUT2D eigenvalue weighted by Gasteiger charge is 1.95. The number of anilines is 1. The third-order valence-corrected chi connectivity index (χ3v) is 1.75. The van der Waals surface area contributed by atoms with E-state index in [0.29, 0.717) is 12.5 Å². The Hall–Kier alpha value is -1.09. The first-order valence-corrected chi connectivity index (χ1v) is 4.61. The van der Waals surface area contributed by atoms with Crippen molar-refractivity contribution in [1.29, 1.82) is 0 Å². The zero-order valence-corrected chi connectivity index (χ0v) is 8.25. The Balaban J connectivity index is 2.49. The molecule has 0 radical (unpaired) electrons. The summed E-state index contributed by atoms with van der Waals surface area (Å²) in [6.07, 6.45) is 1.81. The fourth-order valence-corrected chi connectivity index (χ4v) is 0.959. The maximum atomic E-state index is 5.46. The van der Waals surface area contributed by atoms with E-state index in [2.05, 4.69) is 24.1 Å². The lowest BCUT2D eigenvalue weighted by atomic mass is 10.2. The molecular weight excluding hydrogens is 162 g/mol. The second kappa shape index (κ2) is 4.82. The molecule has 0 fully saturated rings. The molecule has 1 heterocycles. The zero-order chi connectivity index (χ0) is 9.68. The molecule has 0 unspecified atom stereocenters. The fourth-order valence-electron chi connectivity index (χ4n) is 0.959. The van der Waals surface area contributed by atoms with Crippen LogP contribution in [0.1, 0.15) is 19.4 Å². The van der Waals surface area contributed by atoms with Gasteiger partial charge in [0.25, 0.3) is 0 Å². The molecule has 0 aliphatic rings. The summed E-state index contributed by atoms with van der Waals surface area (Å²) < 4.78 is 0. The Morgan fingerprint density at radius 2 is 2.23 bits per heavy atom. The number of rotatable bonds is 4. The minimum Gasteiger partial charge on any atom is -0.370 e. The molecule has 0 aliphatic carbocycles. The van der Waals surface area contributed by atoms with Crippen molar-refractivity contribution in [3.8, 4) is 0 Å². The van der Waals surface area contributed by atoms with Gasteiger partial charge in [-0.2, -0.15) is 0 Å². The molecule has 3 nitrogen and oxygen atoms in total. The fraction of sp³-hybridized carbons (Fsp3) is 0.500. The molecule has 0 aliphatic heterocycles. The van der Waals surface area contributed by atoms with Crippen molar-refractivity contribution in [1.82, 2.24) is 4.98 Å². The van der Waals surface area contributed by atoms with E-state index in [1.807, 2.05) is 18.3 Å². The van der Waals surface area contributed by atoms with Gasteiger partial charge in [0.1, 0.15) is 5.82 Å². The normalized spacial score (nSPS) is 10.5. The molecule has 1 aromatic heterocycles. The molecule has 0 amide bonds. The van der Waals surface area contributed by atoms with E-state index in [-0.39, 0.29) is 0 Å². The zero-order valence-electron chi connectivity index (χ0n) is 8.25. The number of nitrogens with two attached hydrogens (primary N) is 1. The summed E-state index contributed by atoms with van der Waals surface area (Å²) >= 11 is 0. The van der Waals surface area contributed by atoms with Gasteiger partial charge in [-0.05, 0) is 17.5 Å². The number of aromatic nitrogens is 1. The van der Waals surface area contributed by atoms with E-state index in [1.165, 1.54) is 0 Å². The summed E-state index contributed by atoms with van der Waals surface area (Å²) in [6.45, 7) is 5.84. The largest absolute Gasteiger partial charge is 0.370 e. The maximum Gasteiger partial charge on any atom is 0.125 e. The van der Waals surface area contributed by atoms with Crippen molar-refractivity contribution in [3.63, 3.8) is 0 Å². The van der Waals surface area contributed by atoms with Gasteiger partial charge in [0.15, 0.2) is 0 Å². The van der Waals surface area contributed by atoms with Gasteiger partial charge >= 0.3 is 0 Å². The Labute approximate surface area is 79.4 Å². The highest BCUT2D eigenvalue weighted by Crippen LogP contribution is 2.05. The molecule has 72 valence electrons. The van der Waals surface area contributed by atoms with Crippen LogP contribution in [0, 0.1) is 5.92 Å². The Morgan fingerprint density at radius 1 is 1.46 bits per heavy atom. The van der Waals surface area contributed by atoms with Crippen molar-refractivity contribution in [2.24, 2.45) is 11.7 Å². The minimum absolute atomic E-state index is 0.553. The highest BCUT2D eigenvalue weighted by atomic mass is 15.0. The van der Waals surface area contributed by atoms with E-state index < -0.39 is 0 Å². The van der Waals surface area contributed by atoms with E-state index in [1.54, 1.807) is 0 Å². The van der Waals surface area contributed by atoms with Crippen LogP contribution >= 0.6 is 0 Å². The van der Waals surface area contributed by atoms with E-state index in [9.17, 15) is 0 Å². The summed E-state index contributed by atoms with van der Waals surface area (Å²) in [7, 11) is 0. The molecular formula is C10H17N3. The SMILES string of the molecule is CC(C)CNc1ccc(CN)cn1. The Morgan fingerprint density at radius 3 is 2.69 bits per heavy atom. The van der Waals surface area contributed by atoms with Gasteiger partial charge < -0.3 is 11.1 Å². The van der Waals surface area contributed by atoms with Crippen molar-refractivity contribution in [2.75, 3.05) is 11.9 Å². The summed E-state index contributed by atoms with van der Waals surface area (Å²) in [4.78, 5) is 4.23. The van der Waals surface area contributed by atoms with Gasteiger partial charge in [0, 0.05) is 19.3 Å². The summed E-state index contributed by atoms with van der Waals surface area (Å²) in [5.74, 6) is 1.56. The topological polar surface area (TPSA) is 50.9 Å². The smallest absolute Gasteiger partial charge is 0.125 e. The monoisotopic (exact) mass is 179 g/mol. The van der Waals surface area contributed by atoms with Crippen LogP contribution in [-0.4, -0.2) is 11.5 Å². The maximum absolute atomic E-state index is 5.46. The Kier molecular flexibility index (Phi) is 3.71. The van der Waals surface area contributed by atoms with Gasteiger partial charge in [0.05, 0.1) is 0 Å². The van der Waals surface area contributed by atoms with Crippen LogP contribution in [-0.2, 0) is 6.54 Å². The van der Waals surface area contributed by atoms with Crippen molar-refractivity contribution < 1.29 is 0 Å². The van der Waals surface area contributed by atoms with Gasteiger partial charge in [-0.15, -0.1) is 0 Å². The van der Waals surface area contributed by atoms with Crippen LogP contribution in [0.25, 0.3) is 0 Å². The molecule has 0 saturated heterocycles. The molecule has 13 heavy (non-hydrogen) atoms. The Bertz CT molecular complexity index is 241.